The van der Waals surface area contributed by atoms with Crippen LogP contribution in [-0.2, 0) is 14.3 Å². The number of esters is 1. The molecular weight excluding hydrogens is 440 g/mol. The van der Waals surface area contributed by atoms with E-state index in [9.17, 15) is 19.2 Å². The maximum atomic E-state index is 13.3. The summed E-state index contributed by atoms with van der Waals surface area (Å²) in [5.41, 5.74) is 0.291. The summed E-state index contributed by atoms with van der Waals surface area (Å²) >= 11 is 0. The summed E-state index contributed by atoms with van der Waals surface area (Å²) in [5, 5.41) is 2.92. The van der Waals surface area contributed by atoms with E-state index in [1.54, 1.807) is 69.3 Å². The summed E-state index contributed by atoms with van der Waals surface area (Å²) in [6.45, 7) is 5.20. The number of ether oxygens (including phenoxy) is 3. The molecule has 3 amide bonds. The second kappa shape index (κ2) is 10.0. The zero-order valence-electron chi connectivity index (χ0n) is 19.8. The molecule has 34 heavy (non-hydrogen) atoms. The molecule has 0 aliphatic carbocycles. The highest BCUT2D eigenvalue weighted by atomic mass is 16.6. The van der Waals surface area contributed by atoms with Crippen LogP contribution in [0.3, 0.4) is 0 Å². The largest absolute Gasteiger partial charge is 0.532 e. The van der Waals surface area contributed by atoms with Crippen LogP contribution in [0.4, 0.5) is 10.5 Å². The lowest BCUT2D eigenvalue weighted by Crippen LogP contribution is -2.59. The highest BCUT2D eigenvalue weighted by molar-refractivity contribution is 6.18. The first kappa shape index (κ1) is 24.9. The number of imide groups is 3. The number of hydrogen-bond donors (Lipinski definition) is 1. The van der Waals surface area contributed by atoms with Gasteiger partial charge in [-0.1, -0.05) is 16.6 Å². The van der Waals surface area contributed by atoms with Crippen LogP contribution >= 0.6 is 0 Å². The van der Waals surface area contributed by atoms with Crippen LogP contribution in [0.5, 0.6) is 5.75 Å². The number of hydrogen-bond acceptors (Lipinski definition) is 8. The van der Waals surface area contributed by atoms with Gasteiger partial charge in [0, 0.05) is 12.1 Å². The van der Waals surface area contributed by atoms with Crippen LogP contribution in [0.15, 0.2) is 48.5 Å². The summed E-state index contributed by atoms with van der Waals surface area (Å²) in [6, 6.07) is 13.4. The van der Waals surface area contributed by atoms with Crippen molar-refractivity contribution in [3.8, 4) is 5.75 Å². The van der Waals surface area contributed by atoms with E-state index in [0.29, 0.717) is 5.75 Å². The third-order valence-corrected chi connectivity index (χ3v) is 5.21. The second-order valence-electron chi connectivity index (χ2n) is 8.83. The molecule has 0 aromatic heterocycles. The van der Waals surface area contributed by atoms with Gasteiger partial charge in [-0.3, -0.25) is 4.79 Å². The molecule has 0 radical (unpaired) electrons. The molecule has 0 fully saturated rings. The van der Waals surface area contributed by atoms with Gasteiger partial charge in [0.15, 0.2) is 0 Å². The Balaban J connectivity index is 1.67. The lowest BCUT2D eigenvalue weighted by molar-refractivity contribution is -0.689. The van der Waals surface area contributed by atoms with E-state index in [0.717, 1.165) is 5.69 Å². The first-order chi connectivity index (χ1) is 16.1. The first-order valence-corrected chi connectivity index (χ1v) is 10.9. The Morgan fingerprint density at radius 3 is 2.06 bits per heavy atom. The molecule has 0 unspecified atom stereocenters. The van der Waals surface area contributed by atoms with Gasteiger partial charge in [-0.2, -0.15) is 4.79 Å². The third kappa shape index (κ3) is 5.26. The van der Waals surface area contributed by atoms with Crippen molar-refractivity contribution in [3.63, 3.8) is 0 Å². The fourth-order valence-corrected chi connectivity index (χ4v) is 3.57. The van der Waals surface area contributed by atoms with Crippen molar-refractivity contribution in [2.75, 3.05) is 32.1 Å². The predicted octanol–water partition coefficient (Wildman–Crippen LogP) is 3.79. The van der Waals surface area contributed by atoms with E-state index in [1.807, 2.05) is 0 Å². The number of rotatable bonds is 8. The maximum absolute atomic E-state index is 13.3. The number of fused-ring (bicyclic) bond motifs is 1. The number of quaternary nitrogens is 1. The van der Waals surface area contributed by atoms with Crippen molar-refractivity contribution < 1.29 is 37.9 Å². The van der Waals surface area contributed by atoms with Crippen LogP contribution in [0.1, 0.15) is 47.9 Å². The van der Waals surface area contributed by atoms with E-state index in [2.05, 4.69) is 10.1 Å². The highest BCUT2D eigenvalue weighted by Crippen LogP contribution is 2.33. The second-order valence-corrected chi connectivity index (χ2v) is 8.83. The molecule has 1 heterocycles. The lowest BCUT2D eigenvalue weighted by atomic mass is 10.1. The number of carbonyl (C=O) groups is 4. The Kier molecular flexibility index (Phi) is 7.36. The Hall–Kier alpha value is -3.72. The van der Waals surface area contributed by atoms with Crippen LogP contribution < -0.4 is 10.1 Å². The molecule has 1 aliphatic heterocycles. The molecule has 1 N–H and O–H groups in total. The fourth-order valence-electron chi connectivity index (χ4n) is 3.57. The molecular formula is C25H29N2O7+. The van der Waals surface area contributed by atoms with E-state index >= 15 is 0 Å². The van der Waals surface area contributed by atoms with Gasteiger partial charge in [0.05, 0.1) is 24.8 Å². The molecule has 2 aromatic rings. The zero-order chi connectivity index (χ0) is 24.9. The minimum absolute atomic E-state index is 0.0474. The summed E-state index contributed by atoms with van der Waals surface area (Å²) in [5.74, 6) is -0.989. The van der Waals surface area contributed by atoms with E-state index in [4.69, 9.17) is 9.47 Å². The Morgan fingerprint density at radius 1 is 0.941 bits per heavy atom. The Morgan fingerprint density at radius 2 is 1.53 bits per heavy atom. The van der Waals surface area contributed by atoms with Gasteiger partial charge in [0.25, 0.3) is 0 Å². The zero-order valence-corrected chi connectivity index (χ0v) is 19.8. The van der Waals surface area contributed by atoms with Crippen LogP contribution in [0, 0.1) is 0 Å². The van der Waals surface area contributed by atoms with Crippen molar-refractivity contribution in [2.45, 2.75) is 32.8 Å². The van der Waals surface area contributed by atoms with Gasteiger partial charge in [-0.15, -0.1) is 0 Å². The predicted molar refractivity (Wildman–Crippen MR) is 124 cm³/mol. The number of benzene rings is 2. The third-order valence-electron chi connectivity index (χ3n) is 5.21. The van der Waals surface area contributed by atoms with Gasteiger partial charge in [-0.25, -0.2) is 9.59 Å². The summed E-state index contributed by atoms with van der Waals surface area (Å²) < 4.78 is 14.8. The molecule has 180 valence electrons. The molecule has 0 saturated carbocycles. The molecule has 9 nitrogen and oxygen atoms in total. The van der Waals surface area contributed by atoms with E-state index in [1.165, 1.54) is 7.11 Å². The van der Waals surface area contributed by atoms with Gasteiger partial charge in [0.2, 0.25) is 0 Å². The number of anilines is 1. The number of nitrogens with one attached hydrogen (secondary N) is 1. The number of methoxy groups -OCH3 is 1. The van der Waals surface area contributed by atoms with Crippen LogP contribution in [0.25, 0.3) is 0 Å². The van der Waals surface area contributed by atoms with E-state index < -0.39 is 28.0 Å². The Labute approximate surface area is 198 Å². The number of nitrogens with zero attached hydrogens (tertiary/aromatic N) is 1. The maximum Gasteiger partial charge on any atom is 0.532 e. The molecule has 3 rings (SSSR count). The smallest absolute Gasteiger partial charge is 0.493 e. The SMILES string of the molecule is COC(=O)CNc1ccc(OCCC[N+]2(C(=O)OC(C)(C)C)C(=O)c3ccccc3C2=O)cc1. The van der Waals surface area contributed by atoms with Gasteiger partial charge < -0.3 is 19.5 Å². The highest BCUT2D eigenvalue weighted by Gasteiger charge is 2.61. The molecule has 0 bridgehead atoms. The fraction of sp³-hybridized carbons (Fsp3) is 0.360. The van der Waals surface area contributed by atoms with Crippen LogP contribution in [-0.4, -0.2) is 60.8 Å². The first-order valence-electron chi connectivity index (χ1n) is 10.9. The van der Waals surface area contributed by atoms with Crippen molar-refractivity contribution in [2.24, 2.45) is 0 Å². The molecule has 0 saturated heterocycles. The topological polar surface area (TPSA) is 108 Å². The minimum atomic E-state index is -1.05. The Bertz CT molecular complexity index is 1050. The monoisotopic (exact) mass is 469 g/mol. The van der Waals surface area contributed by atoms with Crippen molar-refractivity contribution in [1.82, 2.24) is 0 Å². The quantitative estimate of drug-likeness (QED) is 0.269. The summed E-state index contributed by atoms with van der Waals surface area (Å²) in [6.07, 6.45) is -0.632. The van der Waals surface area contributed by atoms with Crippen LogP contribution in [0.2, 0.25) is 0 Å². The molecule has 0 atom stereocenters. The molecule has 1 aliphatic rings. The van der Waals surface area contributed by atoms with Crippen molar-refractivity contribution in [1.29, 1.82) is 0 Å². The van der Waals surface area contributed by atoms with Crippen molar-refractivity contribution >= 4 is 29.6 Å². The molecule has 0 spiro atoms. The van der Waals surface area contributed by atoms with Gasteiger partial charge in [-0.05, 0) is 57.2 Å². The standard InChI is InChI=1S/C25H29N2O7/c1-25(2,3)34-24(31)27(22(29)19-8-5-6-9-20(19)23(27)30)14-7-15-33-18-12-10-17(11-13-18)26-16-21(28)32-4/h5-6,8-13,26H,7,14-16H2,1-4H3/q+1. The number of carbonyl (C=O) groups excluding carboxylic acids is 4. The van der Waals surface area contributed by atoms with Gasteiger partial charge in [0.1, 0.15) is 24.4 Å². The lowest BCUT2D eigenvalue weighted by Gasteiger charge is -2.28. The number of amides is 3. The molecule has 2 aromatic carbocycles. The molecule has 9 heteroatoms. The average molecular weight is 470 g/mol. The minimum Gasteiger partial charge on any atom is -0.493 e. The van der Waals surface area contributed by atoms with E-state index in [-0.39, 0.29) is 43.2 Å². The summed E-state index contributed by atoms with van der Waals surface area (Å²) in [7, 11) is 1.32. The van der Waals surface area contributed by atoms with Crippen molar-refractivity contribution in [3.05, 3.63) is 59.7 Å². The summed E-state index contributed by atoms with van der Waals surface area (Å²) in [4.78, 5) is 50.9. The normalized spacial score (nSPS) is 14.4. The van der Waals surface area contributed by atoms with Gasteiger partial charge >= 0.3 is 23.9 Å². The average Bonchev–Trinajstić information content (AvgIpc) is 3.02.